The third-order valence-corrected chi connectivity index (χ3v) is 2.61. The van der Waals surface area contributed by atoms with Crippen molar-refractivity contribution >= 4 is 5.97 Å². The van der Waals surface area contributed by atoms with Gasteiger partial charge in [-0.2, -0.15) is 13.2 Å². The molecule has 3 N–H and O–H groups in total. The lowest BCUT2D eigenvalue weighted by atomic mass is 10.0. The van der Waals surface area contributed by atoms with E-state index in [1.54, 1.807) is 0 Å². The topological polar surface area (TPSA) is 75.8 Å². The van der Waals surface area contributed by atoms with Crippen molar-refractivity contribution in [3.63, 3.8) is 0 Å². The number of hydrogen-bond donors (Lipinski definition) is 2. The molecule has 0 amide bonds. The predicted molar refractivity (Wildman–Crippen MR) is 68.4 cm³/mol. The van der Waals surface area contributed by atoms with E-state index in [9.17, 15) is 13.2 Å². The molecule has 1 atom stereocenters. The lowest BCUT2D eigenvalue weighted by Crippen LogP contribution is -2.44. The number of rotatable bonds is 4. The van der Waals surface area contributed by atoms with E-state index in [1.165, 1.54) is 0 Å². The summed E-state index contributed by atoms with van der Waals surface area (Å²) in [7, 11) is 0. The van der Waals surface area contributed by atoms with Crippen LogP contribution in [-0.4, -0.2) is 61.0 Å². The maximum atomic E-state index is 10.6. The maximum Gasteiger partial charge on any atom is 0.490 e. The van der Waals surface area contributed by atoms with Gasteiger partial charge in [-0.15, -0.1) is 0 Å². The molecule has 0 bridgehead atoms. The lowest BCUT2D eigenvalue weighted by molar-refractivity contribution is -0.192. The molecule has 8 heteroatoms. The molecule has 0 saturated carbocycles. The van der Waals surface area contributed by atoms with Gasteiger partial charge in [0, 0.05) is 25.7 Å². The minimum atomic E-state index is -5.08. The number of carboxylic acid groups (broad SMARTS) is 1. The average Bonchev–Trinajstić information content (AvgIpc) is 2.28. The van der Waals surface area contributed by atoms with E-state index in [-0.39, 0.29) is 0 Å². The monoisotopic (exact) mass is 300 g/mol. The fraction of sp³-hybridized carbons (Fsp3) is 0.917. The van der Waals surface area contributed by atoms with Gasteiger partial charge in [0.2, 0.25) is 0 Å². The second-order valence-electron chi connectivity index (χ2n) is 5.11. The molecule has 0 radical (unpaired) electrons. The standard InChI is InChI=1S/C10H22N2O.C2HF3O2/c1-9(2)7-10(11)8-12-3-5-13-6-4-12;3-2(4,5)1(6)7/h9-10H,3-8,11H2,1-2H3;(H,6,7). The second-order valence-corrected chi connectivity index (χ2v) is 5.11. The van der Waals surface area contributed by atoms with E-state index in [0.29, 0.717) is 12.0 Å². The Morgan fingerprint density at radius 1 is 1.35 bits per heavy atom. The first kappa shape index (κ1) is 19.1. The number of nitrogens with zero attached hydrogens (tertiary/aromatic N) is 1. The normalized spacial score (nSPS) is 18.4. The highest BCUT2D eigenvalue weighted by atomic mass is 19.4. The molecular formula is C12H23F3N2O3. The zero-order valence-electron chi connectivity index (χ0n) is 11.8. The zero-order valence-corrected chi connectivity index (χ0v) is 11.8. The highest BCUT2D eigenvalue weighted by molar-refractivity contribution is 5.73. The van der Waals surface area contributed by atoms with Gasteiger partial charge >= 0.3 is 12.1 Å². The van der Waals surface area contributed by atoms with Crippen LogP contribution in [0.4, 0.5) is 13.2 Å². The number of ether oxygens (including phenoxy) is 1. The predicted octanol–water partition coefficient (Wildman–Crippen LogP) is 1.33. The third kappa shape index (κ3) is 9.99. The molecule has 20 heavy (non-hydrogen) atoms. The summed E-state index contributed by atoms with van der Waals surface area (Å²) in [6.45, 7) is 9.31. The average molecular weight is 300 g/mol. The van der Waals surface area contributed by atoms with E-state index < -0.39 is 12.1 Å². The Hall–Kier alpha value is -0.860. The number of morpholine rings is 1. The first-order valence-corrected chi connectivity index (χ1v) is 6.48. The Kier molecular flexibility index (Phi) is 8.75. The van der Waals surface area contributed by atoms with Crippen molar-refractivity contribution in [3.05, 3.63) is 0 Å². The first-order chi connectivity index (χ1) is 9.12. The molecule has 1 heterocycles. The number of carbonyl (C=O) groups is 1. The minimum Gasteiger partial charge on any atom is -0.475 e. The van der Waals surface area contributed by atoms with Crippen LogP contribution in [0.2, 0.25) is 0 Å². The summed E-state index contributed by atoms with van der Waals surface area (Å²) in [5.41, 5.74) is 6.02. The summed E-state index contributed by atoms with van der Waals surface area (Å²) in [6, 6.07) is 0.332. The first-order valence-electron chi connectivity index (χ1n) is 6.48. The fourth-order valence-electron chi connectivity index (χ4n) is 1.80. The minimum absolute atomic E-state index is 0.332. The lowest BCUT2D eigenvalue weighted by Gasteiger charge is -2.29. The van der Waals surface area contributed by atoms with Gasteiger partial charge in [-0.25, -0.2) is 4.79 Å². The van der Waals surface area contributed by atoms with Gasteiger partial charge in [0.05, 0.1) is 13.2 Å². The van der Waals surface area contributed by atoms with Crippen molar-refractivity contribution in [2.75, 3.05) is 32.8 Å². The number of carboxylic acids is 1. The highest BCUT2D eigenvalue weighted by Gasteiger charge is 2.38. The molecule has 120 valence electrons. The number of alkyl halides is 3. The van der Waals surface area contributed by atoms with Crippen molar-refractivity contribution < 1.29 is 27.8 Å². The second kappa shape index (κ2) is 9.15. The van der Waals surface area contributed by atoms with Crippen molar-refractivity contribution in [2.24, 2.45) is 11.7 Å². The number of aliphatic carboxylic acids is 1. The van der Waals surface area contributed by atoms with Crippen molar-refractivity contribution in [3.8, 4) is 0 Å². The van der Waals surface area contributed by atoms with E-state index in [4.69, 9.17) is 20.4 Å². The molecule has 1 aliphatic rings. The summed E-state index contributed by atoms with van der Waals surface area (Å²) >= 11 is 0. The zero-order chi connectivity index (χ0) is 15.8. The van der Waals surface area contributed by atoms with Gasteiger partial charge in [-0.05, 0) is 12.3 Å². The van der Waals surface area contributed by atoms with Crippen LogP contribution in [0.15, 0.2) is 0 Å². The van der Waals surface area contributed by atoms with Crippen LogP contribution in [-0.2, 0) is 9.53 Å². The Balaban J connectivity index is 0.000000441. The van der Waals surface area contributed by atoms with Gasteiger partial charge in [0.25, 0.3) is 0 Å². The third-order valence-electron chi connectivity index (χ3n) is 2.61. The van der Waals surface area contributed by atoms with Crippen molar-refractivity contribution in [2.45, 2.75) is 32.5 Å². The molecule has 1 fully saturated rings. The van der Waals surface area contributed by atoms with Crippen LogP contribution in [0.1, 0.15) is 20.3 Å². The molecular weight excluding hydrogens is 277 g/mol. The summed E-state index contributed by atoms with van der Waals surface area (Å²) in [5.74, 6) is -2.05. The Morgan fingerprint density at radius 3 is 2.15 bits per heavy atom. The summed E-state index contributed by atoms with van der Waals surface area (Å²) < 4.78 is 37.0. The Morgan fingerprint density at radius 2 is 1.80 bits per heavy atom. The summed E-state index contributed by atoms with van der Waals surface area (Å²) in [4.78, 5) is 11.3. The Bertz CT molecular complexity index is 280. The SMILES string of the molecule is CC(C)CC(N)CN1CCOCC1.O=C(O)C(F)(F)F. The van der Waals surface area contributed by atoms with Gasteiger partial charge in [-0.3, -0.25) is 4.90 Å². The van der Waals surface area contributed by atoms with E-state index in [0.717, 1.165) is 39.3 Å². The molecule has 0 aliphatic carbocycles. The molecule has 0 spiro atoms. The Labute approximate surface area is 116 Å². The molecule has 0 aromatic rings. The fourth-order valence-corrected chi connectivity index (χ4v) is 1.80. The molecule has 1 rings (SSSR count). The van der Waals surface area contributed by atoms with Crippen LogP contribution in [0, 0.1) is 5.92 Å². The summed E-state index contributed by atoms with van der Waals surface area (Å²) in [6.07, 6.45) is -3.96. The largest absolute Gasteiger partial charge is 0.490 e. The molecule has 5 nitrogen and oxygen atoms in total. The van der Waals surface area contributed by atoms with Crippen LogP contribution in [0.25, 0.3) is 0 Å². The number of nitrogens with two attached hydrogens (primary N) is 1. The quantitative estimate of drug-likeness (QED) is 0.819. The van der Waals surface area contributed by atoms with E-state index in [1.807, 2.05) is 0 Å². The molecule has 1 aliphatic heterocycles. The molecule has 1 saturated heterocycles. The van der Waals surface area contributed by atoms with E-state index >= 15 is 0 Å². The summed E-state index contributed by atoms with van der Waals surface area (Å²) in [5, 5.41) is 7.12. The smallest absolute Gasteiger partial charge is 0.475 e. The van der Waals surface area contributed by atoms with Gasteiger partial charge in [0.15, 0.2) is 0 Å². The van der Waals surface area contributed by atoms with Gasteiger partial charge in [0.1, 0.15) is 0 Å². The molecule has 1 unspecified atom stereocenters. The van der Waals surface area contributed by atoms with Crippen molar-refractivity contribution in [1.82, 2.24) is 4.90 Å². The maximum absolute atomic E-state index is 10.6. The van der Waals surface area contributed by atoms with Crippen molar-refractivity contribution in [1.29, 1.82) is 0 Å². The molecule has 0 aromatic carbocycles. The molecule has 0 aromatic heterocycles. The van der Waals surface area contributed by atoms with Gasteiger partial charge in [-0.1, -0.05) is 13.8 Å². The van der Waals surface area contributed by atoms with Crippen LogP contribution in [0.3, 0.4) is 0 Å². The van der Waals surface area contributed by atoms with Crippen LogP contribution < -0.4 is 5.73 Å². The highest BCUT2D eigenvalue weighted by Crippen LogP contribution is 2.13. The number of hydrogen-bond acceptors (Lipinski definition) is 4. The van der Waals surface area contributed by atoms with Crippen LogP contribution >= 0.6 is 0 Å². The number of halogens is 3. The van der Waals surface area contributed by atoms with E-state index in [2.05, 4.69) is 18.7 Å². The van der Waals surface area contributed by atoms with Gasteiger partial charge < -0.3 is 15.6 Å². The van der Waals surface area contributed by atoms with Crippen LogP contribution in [0.5, 0.6) is 0 Å².